The van der Waals surface area contributed by atoms with E-state index in [2.05, 4.69) is 21.2 Å². The summed E-state index contributed by atoms with van der Waals surface area (Å²) in [6.45, 7) is 0.277. The molecule has 21 heavy (non-hydrogen) atoms. The Bertz CT molecular complexity index is 676. The monoisotopic (exact) mass is 369 g/mol. The summed E-state index contributed by atoms with van der Waals surface area (Å²) in [5, 5.41) is 12.8. The van der Waals surface area contributed by atoms with E-state index in [0.29, 0.717) is 16.3 Å². The lowest BCUT2D eigenvalue weighted by molar-refractivity contribution is 0.0951. The molecule has 2 aromatic carbocycles. The molecule has 6 heteroatoms. The van der Waals surface area contributed by atoms with Gasteiger partial charge in [-0.05, 0) is 35.9 Å². The third-order valence-corrected chi connectivity index (χ3v) is 3.69. The average Bonchev–Trinajstić information content (AvgIpc) is 2.47. The Balaban J connectivity index is 2.07. The van der Waals surface area contributed by atoms with Crippen molar-refractivity contribution in [2.24, 2.45) is 0 Å². The predicted octanol–water partition coefficient (Wildman–Crippen LogP) is 3.75. The van der Waals surface area contributed by atoms with Gasteiger partial charge < -0.3 is 15.2 Å². The lowest BCUT2D eigenvalue weighted by atomic mass is 10.1. The van der Waals surface area contributed by atoms with Crippen LogP contribution in [0, 0.1) is 0 Å². The Hall–Kier alpha value is -1.72. The van der Waals surface area contributed by atoms with Crippen LogP contribution >= 0.6 is 27.5 Å². The molecular weight excluding hydrogens is 358 g/mol. The van der Waals surface area contributed by atoms with E-state index < -0.39 is 0 Å². The topological polar surface area (TPSA) is 58.6 Å². The quantitative estimate of drug-likeness (QED) is 0.862. The molecule has 0 spiro atoms. The maximum Gasteiger partial charge on any atom is 0.253 e. The minimum atomic E-state index is -0.281. The van der Waals surface area contributed by atoms with Gasteiger partial charge in [-0.25, -0.2) is 0 Å². The van der Waals surface area contributed by atoms with Gasteiger partial charge in [0.2, 0.25) is 0 Å². The van der Waals surface area contributed by atoms with Crippen LogP contribution in [0.1, 0.15) is 15.9 Å². The van der Waals surface area contributed by atoms with Gasteiger partial charge in [0.1, 0.15) is 0 Å². The van der Waals surface area contributed by atoms with Gasteiger partial charge >= 0.3 is 0 Å². The molecule has 0 fully saturated rings. The van der Waals surface area contributed by atoms with Crippen molar-refractivity contribution in [3.63, 3.8) is 0 Å². The molecule has 0 aliphatic carbocycles. The highest BCUT2D eigenvalue weighted by molar-refractivity contribution is 9.10. The smallest absolute Gasteiger partial charge is 0.253 e. The average molecular weight is 371 g/mol. The number of amides is 1. The molecule has 0 atom stereocenters. The molecule has 2 rings (SSSR count). The molecule has 0 aliphatic heterocycles. The van der Waals surface area contributed by atoms with Gasteiger partial charge in [-0.1, -0.05) is 33.6 Å². The van der Waals surface area contributed by atoms with Crippen molar-refractivity contribution in [2.75, 3.05) is 7.11 Å². The van der Waals surface area contributed by atoms with Gasteiger partial charge in [-0.2, -0.15) is 0 Å². The molecule has 1 amide bonds. The SMILES string of the molecule is COc1ccc(CNC(=O)c2cc(Br)ccc2Cl)cc1O. The third-order valence-electron chi connectivity index (χ3n) is 2.87. The Morgan fingerprint density at radius 3 is 2.76 bits per heavy atom. The van der Waals surface area contributed by atoms with E-state index in [4.69, 9.17) is 16.3 Å². The van der Waals surface area contributed by atoms with E-state index in [1.165, 1.54) is 7.11 Å². The van der Waals surface area contributed by atoms with Gasteiger partial charge in [-0.3, -0.25) is 4.79 Å². The molecule has 0 radical (unpaired) electrons. The van der Waals surface area contributed by atoms with Crippen molar-refractivity contribution in [3.8, 4) is 11.5 Å². The molecule has 0 saturated heterocycles. The summed E-state index contributed by atoms with van der Waals surface area (Å²) in [4.78, 5) is 12.1. The minimum Gasteiger partial charge on any atom is -0.504 e. The number of phenolic OH excluding ortho intramolecular Hbond substituents is 1. The van der Waals surface area contributed by atoms with Crippen LogP contribution in [0.4, 0.5) is 0 Å². The summed E-state index contributed by atoms with van der Waals surface area (Å²) in [5.74, 6) is 0.140. The Labute approximate surface area is 135 Å². The van der Waals surface area contributed by atoms with Gasteiger partial charge in [0.25, 0.3) is 5.91 Å². The number of rotatable bonds is 4. The van der Waals surface area contributed by atoms with Crippen LogP contribution in [0.5, 0.6) is 11.5 Å². The zero-order valence-electron chi connectivity index (χ0n) is 11.2. The van der Waals surface area contributed by atoms with Gasteiger partial charge in [-0.15, -0.1) is 0 Å². The highest BCUT2D eigenvalue weighted by Gasteiger charge is 2.11. The number of benzene rings is 2. The third kappa shape index (κ3) is 3.89. The Morgan fingerprint density at radius 1 is 1.33 bits per heavy atom. The van der Waals surface area contributed by atoms with Gasteiger partial charge in [0.15, 0.2) is 11.5 Å². The number of aromatic hydroxyl groups is 1. The Morgan fingerprint density at radius 2 is 2.10 bits per heavy atom. The molecule has 4 nitrogen and oxygen atoms in total. The lowest BCUT2D eigenvalue weighted by Crippen LogP contribution is -2.23. The maximum atomic E-state index is 12.1. The van der Waals surface area contributed by atoms with Crippen molar-refractivity contribution in [2.45, 2.75) is 6.54 Å². The number of hydrogen-bond donors (Lipinski definition) is 2. The van der Waals surface area contributed by atoms with E-state index in [-0.39, 0.29) is 18.2 Å². The molecule has 0 saturated carbocycles. The molecule has 2 aromatic rings. The zero-order valence-corrected chi connectivity index (χ0v) is 13.5. The van der Waals surface area contributed by atoms with Crippen LogP contribution < -0.4 is 10.1 Å². The first-order chi connectivity index (χ1) is 10.0. The van der Waals surface area contributed by atoms with Crippen LogP contribution in [-0.4, -0.2) is 18.1 Å². The normalized spacial score (nSPS) is 10.2. The standard InChI is InChI=1S/C15H13BrClNO3/c1-21-14-5-2-9(6-13(14)19)8-18-15(20)11-7-10(16)3-4-12(11)17/h2-7,19H,8H2,1H3,(H,18,20). The highest BCUT2D eigenvalue weighted by atomic mass is 79.9. The summed E-state index contributed by atoms with van der Waals surface area (Å²) in [6.07, 6.45) is 0. The van der Waals surface area contributed by atoms with Crippen molar-refractivity contribution >= 4 is 33.4 Å². The molecule has 110 valence electrons. The summed E-state index contributed by atoms with van der Waals surface area (Å²) in [5.41, 5.74) is 1.15. The molecule has 0 heterocycles. The summed E-state index contributed by atoms with van der Waals surface area (Å²) < 4.78 is 5.74. The minimum absolute atomic E-state index is 0.0322. The Kier molecular flexibility index (Phi) is 5.09. The van der Waals surface area contributed by atoms with Gasteiger partial charge in [0.05, 0.1) is 17.7 Å². The summed E-state index contributed by atoms with van der Waals surface area (Å²) in [6, 6.07) is 10.0. The fourth-order valence-electron chi connectivity index (χ4n) is 1.79. The molecule has 0 unspecified atom stereocenters. The molecule has 0 aliphatic rings. The van der Waals surface area contributed by atoms with Crippen molar-refractivity contribution in [1.82, 2.24) is 5.32 Å². The number of nitrogens with one attached hydrogen (secondary N) is 1. The maximum absolute atomic E-state index is 12.1. The highest BCUT2D eigenvalue weighted by Crippen LogP contribution is 2.26. The first-order valence-corrected chi connectivity index (χ1v) is 7.27. The first kappa shape index (κ1) is 15.7. The number of phenols is 1. The van der Waals surface area contributed by atoms with E-state index in [9.17, 15) is 9.90 Å². The first-order valence-electron chi connectivity index (χ1n) is 6.10. The molecule has 0 aromatic heterocycles. The summed E-state index contributed by atoms with van der Waals surface area (Å²) in [7, 11) is 1.48. The second kappa shape index (κ2) is 6.83. The van der Waals surface area contributed by atoms with Crippen LogP contribution in [0.3, 0.4) is 0 Å². The molecule has 2 N–H and O–H groups in total. The van der Waals surface area contributed by atoms with E-state index in [0.717, 1.165) is 10.0 Å². The fraction of sp³-hybridized carbons (Fsp3) is 0.133. The number of methoxy groups -OCH3 is 1. The van der Waals surface area contributed by atoms with Crippen LogP contribution in [0.15, 0.2) is 40.9 Å². The molecular formula is C15H13BrClNO3. The largest absolute Gasteiger partial charge is 0.504 e. The number of ether oxygens (including phenoxy) is 1. The van der Waals surface area contributed by atoms with E-state index >= 15 is 0 Å². The van der Waals surface area contributed by atoms with Crippen LogP contribution in [-0.2, 0) is 6.54 Å². The van der Waals surface area contributed by atoms with Crippen LogP contribution in [0.2, 0.25) is 5.02 Å². The van der Waals surface area contributed by atoms with Crippen LogP contribution in [0.25, 0.3) is 0 Å². The van der Waals surface area contributed by atoms with Crippen molar-refractivity contribution in [3.05, 3.63) is 57.0 Å². The zero-order chi connectivity index (χ0) is 15.4. The fourth-order valence-corrected chi connectivity index (χ4v) is 2.36. The number of halogens is 2. The van der Waals surface area contributed by atoms with E-state index in [1.54, 1.807) is 36.4 Å². The second-order valence-electron chi connectivity index (χ2n) is 4.31. The summed E-state index contributed by atoms with van der Waals surface area (Å²) >= 11 is 9.30. The van der Waals surface area contributed by atoms with Crippen molar-refractivity contribution < 1.29 is 14.6 Å². The molecule has 0 bridgehead atoms. The lowest BCUT2D eigenvalue weighted by Gasteiger charge is -2.09. The van der Waals surface area contributed by atoms with Gasteiger partial charge in [0, 0.05) is 11.0 Å². The second-order valence-corrected chi connectivity index (χ2v) is 5.64. The van der Waals surface area contributed by atoms with E-state index in [1.807, 2.05) is 0 Å². The predicted molar refractivity (Wildman–Crippen MR) is 85.0 cm³/mol. The number of hydrogen-bond acceptors (Lipinski definition) is 3. The number of carbonyl (C=O) groups is 1. The van der Waals surface area contributed by atoms with Crippen molar-refractivity contribution in [1.29, 1.82) is 0 Å². The number of carbonyl (C=O) groups excluding carboxylic acids is 1.